The highest BCUT2D eigenvalue weighted by Gasteiger charge is 2.27. The summed E-state index contributed by atoms with van der Waals surface area (Å²) in [6.07, 6.45) is 5.42. The molecule has 1 aromatic rings. The first-order valence-electron chi connectivity index (χ1n) is 6.53. The summed E-state index contributed by atoms with van der Waals surface area (Å²) in [5.74, 6) is 2.36. The summed E-state index contributed by atoms with van der Waals surface area (Å²) in [4.78, 5) is 0. The van der Waals surface area contributed by atoms with E-state index in [4.69, 9.17) is 4.74 Å². The van der Waals surface area contributed by atoms with Crippen LogP contribution in [0.5, 0.6) is 0 Å². The Labute approximate surface area is 101 Å². The Morgan fingerprint density at radius 2 is 2.24 bits per heavy atom. The van der Waals surface area contributed by atoms with E-state index in [-0.39, 0.29) is 12.7 Å². The van der Waals surface area contributed by atoms with Gasteiger partial charge in [0.1, 0.15) is 11.9 Å². The Balaban J connectivity index is 1.80. The summed E-state index contributed by atoms with van der Waals surface area (Å²) in [6.45, 7) is 2.01. The van der Waals surface area contributed by atoms with Gasteiger partial charge in [-0.3, -0.25) is 0 Å². The molecule has 1 N–H and O–H groups in total. The van der Waals surface area contributed by atoms with Gasteiger partial charge in [-0.1, -0.05) is 0 Å². The molecule has 0 bridgehead atoms. The van der Waals surface area contributed by atoms with E-state index in [0.717, 1.165) is 50.5 Å². The summed E-state index contributed by atoms with van der Waals surface area (Å²) in [5, 5.41) is 17.7. The topological polar surface area (TPSA) is 60.2 Å². The monoisotopic (exact) mass is 237 g/mol. The van der Waals surface area contributed by atoms with Crippen LogP contribution in [0, 0.1) is 5.92 Å². The summed E-state index contributed by atoms with van der Waals surface area (Å²) in [5.41, 5.74) is 0. The molecule has 0 aliphatic carbocycles. The smallest absolute Gasteiger partial charge is 0.162 e. The van der Waals surface area contributed by atoms with Crippen LogP contribution in [0.25, 0.3) is 0 Å². The third-order valence-corrected chi connectivity index (χ3v) is 3.81. The first kappa shape index (κ1) is 11.2. The lowest BCUT2D eigenvalue weighted by Crippen LogP contribution is -2.25. The van der Waals surface area contributed by atoms with Crippen molar-refractivity contribution < 1.29 is 9.84 Å². The average molecular weight is 237 g/mol. The van der Waals surface area contributed by atoms with Crippen molar-refractivity contribution in [2.75, 3.05) is 13.2 Å². The van der Waals surface area contributed by atoms with Crippen molar-refractivity contribution in [3.05, 3.63) is 11.6 Å². The molecule has 0 aromatic carbocycles. The number of aliphatic hydroxyl groups is 1. The Morgan fingerprint density at radius 3 is 3.00 bits per heavy atom. The van der Waals surface area contributed by atoms with Gasteiger partial charge in [0.25, 0.3) is 0 Å². The Hall–Kier alpha value is -0.940. The van der Waals surface area contributed by atoms with Gasteiger partial charge in [0.05, 0.1) is 0 Å². The normalized spacial score (nSPS) is 29.0. The second kappa shape index (κ2) is 4.74. The minimum Gasteiger partial charge on any atom is -0.396 e. The molecule has 2 atom stereocenters. The molecule has 0 amide bonds. The Morgan fingerprint density at radius 1 is 1.29 bits per heavy atom. The first-order valence-corrected chi connectivity index (χ1v) is 6.53. The molecule has 2 aliphatic heterocycles. The van der Waals surface area contributed by atoms with Crippen LogP contribution < -0.4 is 0 Å². The number of aliphatic hydroxyl groups excluding tert-OH is 1. The molecule has 5 heteroatoms. The highest BCUT2D eigenvalue weighted by Crippen LogP contribution is 2.29. The van der Waals surface area contributed by atoms with E-state index in [9.17, 15) is 5.11 Å². The van der Waals surface area contributed by atoms with E-state index >= 15 is 0 Å². The van der Waals surface area contributed by atoms with Gasteiger partial charge in [-0.05, 0) is 31.6 Å². The summed E-state index contributed by atoms with van der Waals surface area (Å²) >= 11 is 0. The predicted octanol–water partition coefficient (Wildman–Crippen LogP) is 1.07. The molecule has 3 heterocycles. The van der Waals surface area contributed by atoms with Gasteiger partial charge >= 0.3 is 0 Å². The molecule has 1 aromatic heterocycles. The minimum absolute atomic E-state index is 0.135. The zero-order valence-corrected chi connectivity index (χ0v) is 10.0. The lowest BCUT2D eigenvalue weighted by molar-refractivity contribution is 0.00645. The molecule has 17 heavy (non-hydrogen) atoms. The predicted molar refractivity (Wildman–Crippen MR) is 61.5 cm³/mol. The summed E-state index contributed by atoms with van der Waals surface area (Å²) < 4.78 is 7.97. The number of hydrogen-bond acceptors (Lipinski definition) is 4. The van der Waals surface area contributed by atoms with Crippen LogP contribution >= 0.6 is 0 Å². The second-order valence-corrected chi connectivity index (χ2v) is 5.02. The van der Waals surface area contributed by atoms with Crippen molar-refractivity contribution in [2.45, 2.75) is 44.8 Å². The van der Waals surface area contributed by atoms with Gasteiger partial charge in [0.2, 0.25) is 0 Å². The van der Waals surface area contributed by atoms with Crippen molar-refractivity contribution in [2.24, 2.45) is 5.92 Å². The zero-order valence-electron chi connectivity index (χ0n) is 10.0. The van der Waals surface area contributed by atoms with Crippen LogP contribution in [0.3, 0.4) is 0 Å². The van der Waals surface area contributed by atoms with Crippen molar-refractivity contribution in [1.82, 2.24) is 14.8 Å². The minimum atomic E-state index is 0.135. The molecular weight excluding hydrogens is 218 g/mol. The van der Waals surface area contributed by atoms with E-state index in [2.05, 4.69) is 14.8 Å². The number of fused-ring (bicyclic) bond motifs is 1. The Kier molecular flexibility index (Phi) is 3.11. The fourth-order valence-electron chi connectivity index (χ4n) is 2.75. The van der Waals surface area contributed by atoms with Gasteiger partial charge in [0.15, 0.2) is 5.82 Å². The van der Waals surface area contributed by atoms with Crippen LogP contribution in [0.2, 0.25) is 0 Å². The van der Waals surface area contributed by atoms with E-state index in [1.165, 1.54) is 6.42 Å². The van der Waals surface area contributed by atoms with Crippen LogP contribution in [0.4, 0.5) is 0 Å². The van der Waals surface area contributed by atoms with Gasteiger partial charge < -0.3 is 14.4 Å². The first-order chi connectivity index (χ1) is 8.38. The number of hydrogen-bond donors (Lipinski definition) is 1. The molecule has 0 saturated carbocycles. The molecule has 2 unspecified atom stereocenters. The van der Waals surface area contributed by atoms with Crippen LogP contribution in [-0.2, 0) is 17.7 Å². The largest absolute Gasteiger partial charge is 0.396 e. The molecule has 0 radical (unpaired) electrons. The quantitative estimate of drug-likeness (QED) is 0.836. The Bertz CT molecular complexity index is 385. The fraction of sp³-hybridized carbons (Fsp3) is 0.833. The third-order valence-electron chi connectivity index (χ3n) is 3.81. The molecule has 2 aliphatic rings. The van der Waals surface area contributed by atoms with E-state index < -0.39 is 0 Å². The molecule has 3 rings (SSSR count). The number of aromatic nitrogens is 3. The molecule has 5 nitrogen and oxygen atoms in total. The maximum atomic E-state index is 9.19. The van der Waals surface area contributed by atoms with Crippen LogP contribution in [-0.4, -0.2) is 33.1 Å². The molecular formula is C12H19N3O2. The fourth-order valence-corrected chi connectivity index (χ4v) is 2.75. The van der Waals surface area contributed by atoms with Crippen molar-refractivity contribution >= 4 is 0 Å². The highest BCUT2D eigenvalue weighted by atomic mass is 16.5. The lowest BCUT2D eigenvalue weighted by Gasteiger charge is -2.26. The summed E-state index contributed by atoms with van der Waals surface area (Å²) in [6, 6.07) is 0. The molecule has 1 fully saturated rings. The SMILES string of the molecule is OCC1CCn2c(nnc2C2CCCCO2)C1. The van der Waals surface area contributed by atoms with Gasteiger partial charge in [-0.15, -0.1) is 10.2 Å². The maximum Gasteiger partial charge on any atom is 0.162 e. The lowest BCUT2D eigenvalue weighted by atomic mass is 9.98. The van der Waals surface area contributed by atoms with Crippen molar-refractivity contribution in [3.63, 3.8) is 0 Å². The molecule has 1 saturated heterocycles. The number of ether oxygens (including phenoxy) is 1. The zero-order chi connectivity index (χ0) is 11.7. The highest BCUT2D eigenvalue weighted by molar-refractivity contribution is 5.03. The van der Waals surface area contributed by atoms with Gasteiger partial charge in [-0.25, -0.2) is 0 Å². The summed E-state index contributed by atoms with van der Waals surface area (Å²) in [7, 11) is 0. The second-order valence-electron chi connectivity index (χ2n) is 5.02. The molecule has 94 valence electrons. The van der Waals surface area contributed by atoms with Crippen molar-refractivity contribution in [1.29, 1.82) is 0 Å². The number of rotatable bonds is 2. The van der Waals surface area contributed by atoms with E-state index in [0.29, 0.717) is 5.92 Å². The van der Waals surface area contributed by atoms with E-state index in [1.54, 1.807) is 0 Å². The molecule has 0 spiro atoms. The maximum absolute atomic E-state index is 9.19. The van der Waals surface area contributed by atoms with Gasteiger partial charge in [0, 0.05) is 26.2 Å². The standard InChI is InChI=1S/C12H19N3O2/c16-8-9-4-5-15-11(7-9)13-14-12(15)10-3-1-2-6-17-10/h9-10,16H,1-8H2. The van der Waals surface area contributed by atoms with Crippen LogP contribution in [0.1, 0.15) is 43.4 Å². The van der Waals surface area contributed by atoms with Gasteiger partial charge in [-0.2, -0.15) is 0 Å². The van der Waals surface area contributed by atoms with E-state index in [1.807, 2.05) is 0 Å². The third kappa shape index (κ3) is 2.09. The van der Waals surface area contributed by atoms with Crippen LogP contribution in [0.15, 0.2) is 0 Å². The van der Waals surface area contributed by atoms with Crippen molar-refractivity contribution in [3.8, 4) is 0 Å². The number of nitrogens with zero attached hydrogens (tertiary/aromatic N) is 3. The average Bonchev–Trinajstić information content (AvgIpc) is 2.82.